The number of hydrogen-bond donors (Lipinski definition) is 1. The van der Waals surface area contributed by atoms with E-state index in [4.69, 9.17) is 15.5 Å². The van der Waals surface area contributed by atoms with Crippen molar-refractivity contribution < 1.29 is 9.53 Å². The number of nitrogen functional groups attached to an aromatic ring is 1. The Morgan fingerprint density at radius 3 is 2.93 bits per heavy atom. The Morgan fingerprint density at radius 2 is 2.21 bits per heavy atom. The molecule has 1 fully saturated rings. The molecule has 0 aromatic carbocycles. The summed E-state index contributed by atoms with van der Waals surface area (Å²) in [4.78, 5) is 23.5. The minimum absolute atomic E-state index is 0.103. The number of rotatable bonds is 2. The van der Waals surface area contributed by atoms with E-state index in [2.05, 4.69) is 10.1 Å². The van der Waals surface area contributed by atoms with Gasteiger partial charge in [0.05, 0.1) is 28.7 Å². The number of carbonyl (C=O) groups is 1. The molecule has 4 rings (SSSR count). The summed E-state index contributed by atoms with van der Waals surface area (Å²) in [5, 5.41) is 6.32. The molecule has 1 aliphatic heterocycles. The van der Waals surface area contributed by atoms with Gasteiger partial charge in [-0.15, -0.1) is 11.3 Å². The van der Waals surface area contributed by atoms with Crippen molar-refractivity contribution in [1.29, 1.82) is 0 Å². The molecule has 9 heteroatoms. The maximum atomic E-state index is 12.5. The quantitative estimate of drug-likeness (QED) is 0.706. The maximum Gasteiger partial charge on any atom is 0.410 e. The number of nitrogens with zero attached hydrogens (tertiary/aromatic N) is 5. The fraction of sp³-hybridized carbons (Fsp3) is 0.474. The first-order valence-corrected chi connectivity index (χ1v) is 10.3. The molecular formula is C19H24N6O2S. The number of aromatic nitrogens is 4. The second-order valence-corrected chi connectivity index (χ2v) is 8.76. The zero-order chi connectivity index (χ0) is 19.9. The van der Waals surface area contributed by atoms with E-state index in [1.54, 1.807) is 21.1 Å². The Morgan fingerprint density at radius 1 is 1.39 bits per heavy atom. The van der Waals surface area contributed by atoms with Crippen LogP contribution in [-0.2, 0) is 4.74 Å². The van der Waals surface area contributed by atoms with E-state index in [1.165, 1.54) is 11.3 Å². The fourth-order valence-corrected chi connectivity index (χ4v) is 4.00. The Balaban J connectivity index is 1.63. The topological polar surface area (TPSA) is 98.6 Å². The highest BCUT2D eigenvalue weighted by Crippen LogP contribution is 2.31. The lowest BCUT2D eigenvalue weighted by Crippen LogP contribution is -2.42. The van der Waals surface area contributed by atoms with Crippen LogP contribution in [0, 0.1) is 0 Å². The van der Waals surface area contributed by atoms with Gasteiger partial charge in [0, 0.05) is 30.5 Å². The van der Waals surface area contributed by atoms with Crippen LogP contribution in [0.15, 0.2) is 23.2 Å². The lowest BCUT2D eigenvalue weighted by molar-refractivity contribution is 0.0197. The standard InChI is InChI=1S/C19H24N6O2S/c1-19(2,3)27-18(26)24-6-4-5-12(9-24)14-7-16(20)25-17(23-14)13(8-22-25)15-10-28-11-21-15/h7-8,10-12H,4-6,9,20H2,1-3H3. The van der Waals surface area contributed by atoms with E-state index >= 15 is 0 Å². The molecule has 1 amide bonds. The van der Waals surface area contributed by atoms with Crippen molar-refractivity contribution in [2.75, 3.05) is 18.8 Å². The molecule has 1 saturated heterocycles. The van der Waals surface area contributed by atoms with Crippen LogP contribution < -0.4 is 5.73 Å². The minimum atomic E-state index is -0.508. The number of ether oxygens (including phenoxy) is 1. The van der Waals surface area contributed by atoms with Crippen LogP contribution in [-0.4, -0.2) is 49.3 Å². The van der Waals surface area contributed by atoms with Crippen molar-refractivity contribution in [2.24, 2.45) is 0 Å². The van der Waals surface area contributed by atoms with Gasteiger partial charge in [-0.05, 0) is 33.6 Å². The molecule has 0 aliphatic carbocycles. The first kappa shape index (κ1) is 18.7. The van der Waals surface area contributed by atoms with Gasteiger partial charge in [-0.3, -0.25) is 0 Å². The first-order valence-electron chi connectivity index (χ1n) is 9.32. The molecule has 0 bridgehead atoms. The van der Waals surface area contributed by atoms with Crippen LogP contribution in [0.25, 0.3) is 16.9 Å². The highest BCUT2D eigenvalue weighted by molar-refractivity contribution is 7.07. The Bertz CT molecular complexity index is 992. The highest BCUT2D eigenvalue weighted by Gasteiger charge is 2.29. The van der Waals surface area contributed by atoms with Crippen LogP contribution in [0.3, 0.4) is 0 Å². The fourth-order valence-electron chi connectivity index (χ4n) is 3.45. The summed E-state index contributed by atoms with van der Waals surface area (Å²) in [5.74, 6) is 0.627. The van der Waals surface area contributed by atoms with Crippen molar-refractivity contribution in [3.05, 3.63) is 28.8 Å². The summed E-state index contributed by atoms with van der Waals surface area (Å²) in [6, 6.07) is 1.86. The maximum absolute atomic E-state index is 12.5. The number of anilines is 1. The molecule has 0 saturated carbocycles. The molecule has 28 heavy (non-hydrogen) atoms. The summed E-state index contributed by atoms with van der Waals surface area (Å²) < 4.78 is 7.16. The van der Waals surface area contributed by atoms with Crippen LogP contribution in [0.5, 0.6) is 0 Å². The largest absolute Gasteiger partial charge is 0.444 e. The Hall–Kier alpha value is -2.68. The smallest absolute Gasteiger partial charge is 0.410 e. The van der Waals surface area contributed by atoms with Crippen LogP contribution in [0.4, 0.5) is 10.6 Å². The summed E-state index contributed by atoms with van der Waals surface area (Å²) in [6.45, 7) is 6.89. The Labute approximate surface area is 167 Å². The van der Waals surface area contributed by atoms with Crippen molar-refractivity contribution in [3.63, 3.8) is 0 Å². The van der Waals surface area contributed by atoms with Crippen molar-refractivity contribution in [1.82, 2.24) is 24.5 Å². The third-order valence-electron chi connectivity index (χ3n) is 4.72. The van der Waals surface area contributed by atoms with Crippen LogP contribution in [0.2, 0.25) is 0 Å². The first-order chi connectivity index (χ1) is 13.3. The molecular weight excluding hydrogens is 376 g/mol. The van der Waals surface area contributed by atoms with Gasteiger partial charge in [0.1, 0.15) is 11.4 Å². The van der Waals surface area contributed by atoms with Gasteiger partial charge in [-0.25, -0.2) is 14.8 Å². The third kappa shape index (κ3) is 3.66. The highest BCUT2D eigenvalue weighted by atomic mass is 32.1. The molecule has 0 radical (unpaired) electrons. The van der Waals surface area contributed by atoms with E-state index in [0.29, 0.717) is 24.6 Å². The number of likely N-dealkylation sites (tertiary alicyclic amines) is 1. The molecule has 8 nitrogen and oxygen atoms in total. The molecule has 4 heterocycles. The van der Waals surface area contributed by atoms with Crippen molar-refractivity contribution >= 4 is 28.9 Å². The summed E-state index contributed by atoms with van der Waals surface area (Å²) in [6.07, 6.45) is 3.31. The molecule has 148 valence electrons. The molecule has 1 unspecified atom stereocenters. The van der Waals surface area contributed by atoms with Crippen molar-refractivity contribution in [2.45, 2.75) is 45.1 Å². The number of fused-ring (bicyclic) bond motifs is 1. The summed E-state index contributed by atoms with van der Waals surface area (Å²) >= 11 is 1.53. The molecule has 2 N–H and O–H groups in total. The number of piperidine rings is 1. The monoisotopic (exact) mass is 400 g/mol. The number of hydrogen-bond acceptors (Lipinski definition) is 7. The lowest BCUT2D eigenvalue weighted by Gasteiger charge is -2.34. The number of amides is 1. The van der Waals surface area contributed by atoms with E-state index < -0.39 is 5.60 Å². The molecule has 1 atom stereocenters. The molecule has 0 spiro atoms. The zero-order valence-electron chi connectivity index (χ0n) is 16.3. The minimum Gasteiger partial charge on any atom is -0.444 e. The number of thiazole rings is 1. The average Bonchev–Trinajstić information content (AvgIpc) is 3.29. The number of carbonyl (C=O) groups excluding carboxylic acids is 1. The molecule has 3 aromatic heterocycles. The lowest BCUT2D eigenvalue weighted by atomic mass is 9.94. The summed E-state index contributed by atoms with van der Waals surface area (Å²) in [5.41, 5.74) is 10.8. The van der Waals surface area contributed by atoms with Crippen LogP contribution >= 0.6 is 11.3 Å². The van der Waals surface area contributed by atoms with Gasteiger partial charge in [0.25, 0.3) is 0 Å². The van der Waals surface area contributed by atoms with Gasteiger partial charge in [-0.2, -0.15) is 9.61 Å². The average molecular weight is 401 g/mol. The molecule has 1 aliphatic rings. The van der Waals surface area contributed by atoms with E-state index in [9.17, 15) is 4.79 Å². The van der Waals surface area contributed by atoms with Gasteiger partial charge in [0.2, 0.25) is 0 Å². The van der Waals surface area contributed by atoms with Gasteiger partial charge < -0.3 is 15.4 Å². The normalized spacial score (nSPS) is 17.8. The van der Waals surface area contributed by atoms with Gasteiger partial charge in [-0.1, -0.05) is 0 Å². The van der Waals surface area contributed by atoms with Gasteiger partial charge >= 0.3 is 6.09 Å². The predicted molar refractivity (Wildman–Crippen MR) is 108 cm³/mol. The zero-order valence-corrected chi connectivity index (χ0v) is 17.1. The SMILES string of the molecule is CC(C)(C)OC(=O)N1CCCC(c2cc(N)n3ncc(-c4cscn4)c3n2)C1. The van der Waals surface area contributed by atoms with E-state index in [-0.39, 0.29) is 12.0 Å². The van der Waals surface area contributed by atoms with E-state index in [1.807, 2.05) is 32.2 Å². The number of nitrogens with two attached hydrogens (primary N) is 1. The Kier molecular flexibility index (Phi) is 4.70. The van der Waals surface area contributed by atoms with E-state index in [0.717, 1.165) is 29.8 Å². The second-order valence-electron chi connectivity index (χ2n) is 8.04. The van der Waals surface area contributed by atoms with Gasteiger partial charge in [0.15, 0.2) is 5.65 Å². The van der Waals surface area contributed by atoms with Crippen molar-refractivity contribution in [3.8, 4) is 11.3 Å². The molecule has 3 aromatic rings. The van der Waals surface area contributed by atoms with Crippen LogP contribution in [0.1, 0.15) is 45.2 Å². The predicted octanol–water partition coefficient (Wildman–Crippen LogP) is 3.55. The summed E-state index contributed by atoms with van der Waals surface area (Å²) in [7, 11) is 0. The second kappa shape index (κ2) is 7.05. The third-order valence-corrected chi connectivity index (χ3v) is 5.31.